The van der Waals surface area contributed by atoms with Crippen molar-refractivity contribution < 1.29 is 9.53 Å². The molecule has 0 bridgehead atoms. The molecule has 4 rings (SSSR count). The third-order valence-electron chi connectivity index (χ3n) is 5.53. The highest BCUT2D eigenvalue weighted by molar-refractivity contribution is 8.00. The van der Waals surface area contributed by atoms with Crippen LogP contribution in [0, 0.1) is 0 Å². The number of hydrogen-bond donors (Lipinski definition) is 0. The van der Waals surface area contributed by atoms with Crippen LogP contribution in [0.2, 0.25) is 0 Å². The third kappa shape index (κ3) is 3.16. The lowest BCUT2D eigenvalue weighted by atomic mass is 9.92. The van der Waals surface area contributed by atoms with E-state index in [1.807, 2.05) is 12.1 Å². The molecule has 3 aliphatic rings. The summed E-state index contributed by atoms with van der Waals surface area (Å²) in [6.07, 6.45) is 6.12. The number of fused-ring (bicyclic) bond motifs is 1. The molecule has 1 aromatic rings. The summed E-state index contributed by atoms with van der Waals surface area (Å²) in [5.41, 5.74) is 2.13. The summed E-state index contributed by atoms with van der Waals surface area (Å²) in [6, 6.07) is 8.74. The second kappa shape index (κ2) is 6.86. The number of amides is 1. The Labute approximate surface area is 142 Å². The van der Waals surface area contributed by atoms with Gasteiger partial charge in [0.1, 0.15) is 0 Å². The Morgan fingerprint density at radius 3 is 3.00 bits per heavy atom. The van der Waals surface area contributed by atoms with Crippen LogP contribution in [0.4, 0.5) is 0 Å². The monoisotopic (exact) mass is 331 g/mol. The van der Waals surface area contributed by atoms with Crippen LogP contribution in [0.1, 0.15) is 53.9 Å². The first-order valence-corrected chi connectivity index (χ1v) is 9.98. The molecule has 0 radical (unpaired) electrons. The van der Waals surface area contributed by atoms with E-state index in [2.05, 4.69) is 28.8 Å². The Kier molecular flexibility index (Phi) is 4.63. The van der Waals surface area contributed by atoms with E-state index < -0.39 is 0 Å². The fraction of sp³-hybridized carbons (Fsp3) is 0.632. The fourth-order valence-electron chi connectivity index (χ4n) is 4.24. The van der Waals surface area contributed by atoms with Crippen LogP contribution in [0.15, 0.2) is 24.3 Å². The van der Waals surface area contributed by atoms with Crippen molar-refractivity contribution in [2.24, 2.45) is 0 Å². The van der Waals surface area contributed by atoms with E-state index in [4.69, 9.17) is 4.74 Å². The summed E-state index contributed by atoms with van der Waals surface area (Å²) < 4.78 is 5.50. The molecule has 0 spiro atoms. The minimum atomic E-state index is 0.239. The first kappa shape index (κ1) is 15.5. The molecule has 1 saturated carbocycles. The van der Waals surface area contributed by atoms with E-state index in [1.54, 1.807) is 0 Å². The lowest BCUT2D eigenvalue weighted by Gasteiger charge is -2.43. The first-order chi connectivity index (χ1) is 11.3. The highest BCUT2D eigenvalue weighted by atomic mass is 32.2. The summed E-state index contributed by atoms with van der Waals surface area (Å²) in [4.78, 5) is 15.3. The SMILES string of the molecule is O=C(c1cccc([C@@H]2CCOC2)c1)N1CCS[C@@H]2CCCC[C@H]21. The minimum Gasteiger partial charge on any atom is -0.381 e. The van der Waals surface area contributed by atoms with Crippen molar-refractivity contribution >= 4 is 17.7 Å². The zero-order valence-corrected chi connectivity index (χ0v) is 14.4. The molecule has 3 atom stereocenters. The quantitative estimate of drug-likeness (QED) is 0.828. The van der Waals surface area contributed by atoms with Gasteiger partial charge >= 0.3 is 0 Å². The van der Waals surface area contributed by atoms with Gasteiger partial charge in [0.05, 0.1) is 6.61 Å². The predicted octanol–water partition coefficient (Wildman–Crippen LogP) is 3.69. The number of rotatable bonds is 2. The maximum atomic E-state index is 13.1. The molecule has 1 aromatic carbocycles. The number of nitrogens with zero attached hydrogens (tertiary/aromatic N) is 1. The number of carbonyl (C=O) groups is 1. The molecule has 2 aliphatic heterocycles. The van der Waals surface area contributed by atoms with Crippen molar-refractivity contribution in [2.45, 2.75) is 49.3 Å². The van der Waals surface area contributed by atoms with Crippen molar-refractivity contribution in [2.75, 3.05) is 25.5 Å². The highest BCUT2D eigenvalue weighted by Gasteiger charge is 2.36. The van der Waals surface area contributed by atoms with Gasteiger partial charge in [0.25, 0.3) is 5.91 Å². The zero-order valence-electron chi connectivity index (χ0n) is 13.6. The molecule has 2 saturated heterocycles. The number of thioether (sulfide) groups is 1. The van der Waals surface area contributed by atoms with E-state index in [0.717, 1.165) is 37.5 Å². The molecule has 0 aromatic heterocycles. The predicted molar refractivity (Wildman–Crippen MR) is 94.2 cm³/mol. The Morgan fingerprint density at radius 2 is 2.13 bits per heavy atom. The number of ether oxygens (including phenoxy) is 1. The van der Waals surface area contributed by atoms with Crippen LogP contribution in [-0.4, -0.2) is 47.6 Å². The van der Waals surface area contributed by atoms with Gasteiger partial charge in [-0.25, -0.2) is 0 Å². The van der Waals surface area contributed by atoms with Gasteiger partial charge in [-0.1, -0.05) is 25.0 Å². The fourth-order valence-corrected chi connectivity index (χ4v) is 5.68. The number of benzene rings is 1. The summed E-state index contributed by atoms with van der Waals surface area (Å²) in [5.74, 6) is 1.79. The van der Waals surface area contributed by atoms with Gasteiger partial charge < -0.3 is 9.64 Å². The van der Waals surface area contributed by atoms with Gasteiger partial charge in [-0.2, -0.15) is 11.8 Å². The second-order valence-electron chi connectivity index (χ2n) is 6.95. The van der Waals surface area contributed by atoms with Gasteiger partial charge in [-0.05, 0) is 37.0 Å². The van der Waals surface area contributed by atoms with Gasteiger partial charge in [0.2, 0.25) is 0 Å². The van der Waals surface area contributed by atoms with Crippen LogP contribution in [0.3, 0.4) is 0 Å². The average molecular weight is 331 g/mol. The number of carbonyl (C=O) groups excluding carboxylic acids is 1. The summed E-state index contributed by atoms with van der Waals surface area (Å²) in [5, 5.41) is 0.660. The van der Waals surface area contributed by atoms with Crippen molar-refractivity contribution in [3.8, 4) is 0 Å². The molecule has 2 heterocycles. The molecule has 4 heteroatoms. The van der Waals surface area contributed by atoms with Crippen LogP contribution < -0.4 is 0 Å². The van der Waals surface area contributed by atoms with E-state index in [0.29, 0.717) is 17.2 Å². The zero-order chi connectivity index (χ0) is 15.6. The van der Waals surface area contributed by atoms with Crippen molar-refractivity contribution in [3.05, 3.63) is 35.4 Å². The average Bonchev–Trinajstić information content (AvgIpc) is 3.15. The van der Waals surface area contributed by atoms with Crippen molar-refractivity contribution in [1.29, 1.82) is 0 Å². The third-order valence-corrected chi connectivity index (χ3v) is 6.92. The van der Waals surface area contributed by atoms with Gasteiger partial charge in [-0.3, -0.25) is 4.79 Å². The van der Waals surface area contributed by atoms with Crippen LogP contribution >= 0.6 is 11.8 Å². The Balaban J connectivity index is 1.54. The van der Waals surface area contributed by atoms with Crippen LogP contribution in [0.5, 0.6) is 0 Å². The van der Waals surface area contributed by atoms with Gasteiger partial charge in [-0.15, -0.1) is 0 Å². The number of hydrogen-bond acceptors (Lipinski definition) is 3. The normalized spacial score (nSPS) is 31.0. The molecule has 23 heavy (non-hydrogen) atoms. The first-order valence-electron chi connectivity index (χ1n) is 8.93. The topological polar surface area (TPSA) is 29.5 Å². The summed E-state index contributed by atoms with van der Waals surface area (Å²) in [6.45, 7) is 2.54. The van der Waals surface area contributed by atoms with Crippen LogP contribution in [-0.2, 0) is 4.74 Å². The second-order valence-corrected chi connectivity index (χ2v) is 8.29. The molecule has 1 amide bonds. The van der Waals surface area contributed by atoms with Gasteiger partial charge in [0, 0.05) is 41.7 Å². The van der Waals surface area contributed by atoms with Crippen molar-refractivity contribution in [3.63, 3.8) is 0 Å². The molecule has 124 valence electrons. The lowest BCUT2D eigenvalue weighted by Crippen LogP contribution is -2.51. The standard InChI is InChI=1S/C19H25NO2S/c21-19(20-9-11-23-18-7-2-1-6-17(18)20)15-5-3-4-14(12-15)16-8-10-22-13-16/h3-5,12,16-18H,1-2,6-11,13H2/t16-,17-,18-/m1/s1. The van der Waals surface area contributed by atoms with Crippen molar-refractivity contribution in [1.82, 2.24) is 4.90 Å². The highest BCUT2D eigenvalue weighted by Crippen LogP contribution is 2.36. The van der Waals surface area contributed by atoms with E-state index in [9.17, 15) is 4.79 Å². The lowest BCUT2D eigenvalue weighted by molar-refractivity contribution is 0.0646. The molecular weight excluding hydrogens is 306 g/mol. The van der Waals surface area contributed by atoms with Crippen LogP contribution in [0.25, 0.3) is 0 Å². The molecule has 0 N–H and O–H groups in total. The summed E-state index contributed by atoms with van der Waals surface area (Å²) in [7, 11) is 0. The molecule has 1 aliphatic carbocycles. The smallest absolute Gasteiger partial charge is 0.254 e. The van der Waals surface area contributed by atoms with E-state index in [1.165, 1.54) is 31.2 Å². The Hall–Kier alpha value is -1.000. The minimum absolute atomic E-state index is 0.239. The maximum Gasteiger partial charge on any atom is 0.254 e. The molecule has 3 fully saturated rings. The van der Waals surface area contributed by atoms with E-state index in [-0.39, 0.29) is 5.91 Å². The Bertz CT molecular complexity index is 568. The molecule has 3 nitrogen and oxygen atoms in total. The maximum absolute atomic E-state index is 13.1. The molecular formula is C19H25NO2S. The molecule has 0 unspecified atom stereocenters. The largest absolute Gasteiger partial charge is 0.381 e. The van der Waals surface area contributed by atoms with E-state index >= 15 is 0 Å². The van der Waals surface area contributed by atoms with Gasteiger partial charge in [0.15, 0.2) is 0 Å². The summed E-state index contributed by atoms with van der Waals surface area (Å²) >= 11 is 2.08. The Morgan fingerprint density at radius 1 is 1.22 bits per heavy atom.